The highest BCUT2D eigenvalue weighted by atomic mass is 127. The van der Waals surface area contributed by atoms with E-state index in [1.54, 1.807) is 22.9 Å². The molecule has 0 saturated carbocycles. The summed E-state index contributed by atoms with van der Waals surface area (Å²) in [6.45, 7) is -0.530. The van der Waals surface area contributed by atoms with Gasteiger partial charge in [-0.2, -0.15) is 0 Å². The minimum atomic E-state index is -1.79. The van der Waals surface area contributed by atoms with E-state index in [9.17, 15) is 25.2 Å². The third-order valence-corrected chi connectivity index (χ3v) is 4.71. The van der Waals surface area contributed by atoms with Crippen LogP contribution in [0.1, 0.15) is 0 Å². The Hall–Kier alpha value is -0.200. The summed E-state index contributed by atoms with van der Waals surface area (Å²) in [6.07, 6.45) is -11.0. The number of hydrogen-bond donors (Lipinski definition) is 5. The minimum absolute atomic E-state index is 0.530. The Kier molecular flexibility index (Phi) is 8.35. The van der Waals surface area contributed by atoms with Crippen molar-refractivity contribution in [3.05, 3.63) is 0 Å². The van der Waals surface area contributed by atoms with Crippen LogP contribution in [-0.4, -0.2) is 103 Å². The molecule has 0 radical (unpaired) electrons. The third kappa shape index (κ3) is 4.61. The van der Waals surface area contributed by atoms with Gasteiger partial charge < -0.3 is 48.8 Å². The number of esters is 1. The van der Waals surface area contributed by atoms with Crippen molar-refractivity contribution in [3.63, 3.8) is 0 Å². The zero-order chi connectivity index (χ0) is 19.4. The fourth-order valence-corrected chi connectivity index (χ4v) is 3.27. The van der Waals surface area contributed by atoms with E-state index in [0.717, 1.165) is 7.11 Å². The second kappa shape index (κ2) is 9.83. The Labute approximate surface area is 162 Å². The first-order valence-corrected chi connectivity index (χ1v) is 8.69. The predicted molar refractivity (Wildman–Crippen MR) is 88.4 cm³/mol. The van der Waals surface area contributed by atoms with Gasteiger partial charge in [0.2, 0.25) is 0 Å². The summed E-state index contributed by atoms with van der Waals surface area (Å²) in [4.78, 5) is 11.6. The average Bonchev–Trinajstić information content (AvgIpc) is 2.65. The van der Waals surface area contributed by atoms with Crippen LogP contribution >= 0.6 is 22.9 Å². The van der Waals surface area contributed by atoms with Crippen LogP contribution in [0.5, 0.6) is 0 Å². The van der Waals surface area contributed by atoms with Crippen molar-refractivity contribution < 1.29 is 53.6 Å². The van der Waals surface area contributed by atoms with Crippen LogP contribution in [0.4, 0.5) is 0 Å². The summed E-state index contributed by atoms with van der Waals surface area (Å²) in [5, 5.41) is 39.8. The molecule has 2 heterocycles. The Morgan fingerprint density at radius 1 is 1.12 bits per heavy atom. The SMILES string of the molecule is COC(=O)C1OC(O)C(O)C(OC2C(CO)OC(OC)C(NI)C2O)O1. The average molecular weight is 495 g/mol. The summed E-state index contributed by atoms with van der Waals surface area (Å²) in [5.41, 5.74) is 0. The van der Waals surface area contributed by atoms with E-state index in [4.69, 9.17) is 23.7 Å². The monoisotopic (exact) mass is 495 g/mol. The second-order valence-electron chi connectivity index (χ2n) is 5.56. The highest BCUT2D eigenvalue weighted by molar-refractivity contribution is 14.1. The van der Waals surface area contributed by atoms with Gasteiger partial charge in [-0.3, -0.25) is 3.53 Å². The van der Waals surface area contributed by atoms with Crippen molar-refractivity contribution >= 4 is 28.8 Å². The van der Waals surface area contributed by atoms with Gasteiger partial charge in [0.05, 0.1) is 19.8 Å². The summed E-state index contributed by atoms with van der Waals surface area (Å²) < 4.78 is 33.3. The van der Waals surface area contributed by atoms with Gasteiger partial charge in [0.25, 0.3) is 6.29 Å². The van der Waals surface area contributed by atoms with Crippen molar-refractivity contribution in [2.24, 2.45) is 0 Å². The van der Waals surface area contributed by atoms with Crippen LogP contribution in [0.3, 0.4) is 0 Å². The maximum Gasteiger partial charge on any atom is 0.363 e. The molecule has 5 N–H and O–H groups in total. The molecule has 26 heavy (non-hydrogen) atoms. The molecule has 0 aromatic rings. The molecule has 9 atom stereocenters. The third-order valence-electron chi connectivity index (χ3n) is 3.99. The Balaban J connectivity index is 2.15. The van der Waals surface area contributed by atoms with E-state index in [1.807, 2.05) is 0 Å². The van der Waals surface area contributed by atoms with Gasteiger partial charge >= 0.3 is 5.97 Å². The lowest BCUT2D eigenvalue weighted by atomic mass is 9.97. The summed E-state index contributed by atoms with van der Waals surface area (Å²) >= 11 is 1.79. The molecule has 2 saturated heterocycles. The molecule has 2 fully saturated rings. The quantitative estimate of drug-likeness (QED) is 0.144. The van der Waals surface area contributed by atoms with E-state index < -0.39 is 68.2 Å². The van der Waals surface area contributed by atoms with E-state index >= 15 is 0 Å². The van der Waals surface area contributed by atoms with Crippen molar-refractivity contribution in [2.75, 3.05) is 20.8 Å². The fraction of sp³-hybridized carbons (Fsp3) is 0.923. The molecule has 2 rings (SSSR count). The van der Waals surface area contributed by atoms with Crippen LogP contribution in [0.2, 0.25) is 0 Å². The Bertz CT molecular complexity index is 471. The van der Waals surface area contributed by atoms with Crippen LogP contribution in [0.15, 0.2) is 0 Å². The number of nitrogens with one attached hydrogen (secondary N) is 1. The van der Waals surface area contributed by atoms with Gasteiger partial charge in [0, 0.05) is 30.0 Å². The molecule has 0 aromatic heterocycles. The molecule has 0 aliphatic carbocycles. The molecule has 2 aliphatic rings. The van der Waals surface area contributed by atoms with Crippen molar-refractivity contribution in [2.45, 2.75) is 55.6 Å². The number of hydrogen-bond acceptors (Lipinski definition) is 12. The number of halogens is 1. The molecule has 9 unspecified atom stereocenters. The Morgan fingerprint density at radius 2 is 1.81 bits per heavy atom. The van der Waals surface area contributed by atoms with E-state index in [0.29, 0.717) is 0 Å². The largest absolute Gasteiger partial charge is 0.465 e. The maximum absolute atomic E-state index is 11.6. The summed E-state index contributed by atoms with van der Waals surface area (Å²) in [7, 11) is 2.46. The first kappa shape index (κ1) is 22.1. The summed E-state index contributed by atoms with van der Waals surface area (Å²) in [6, 6.07) is -0.730. The highest BCUT2D eigenvalue weighted by Crippen LogP contribution is 2.29. The number of carbonyl (C=O) groups excluding carboxylic acids is 1. The van der Waals surface area contributed by atoms with E-state index in [-0.39, 0.29) is 0 Å². The molecule has 0 amide bonds. The number of rotatable bonds is 6. The predicted octanol–water partition coefficient (Wildman–Crippen LogP) is -3.04. The topological polar surface area (TPSA) is 165 Å². The summed E-state index contributed by atoms with van der Waals surface area (Å²) in [5.74, 6) is -0.949. The van der Waals surface area contributed by atoms with Crippen molar-refractivity contribution in [3.8, 4) is 0 Å². The van der Waals surface area contributed by atoms with Crippen LogP contribution in [0, 0.1) is 0 Å². The lowest BCUT2D eigenvalue weighted by molar-refractivity contribution is -0.393. The molecule has 2 aliphatic heterocycles. The van der Waals surface area contributed by atoms with Gasteiger partial charge in [-0.1, -0.05) is 0 Å². The first-order valence-electron chi connectivity index (χ1n) is 7.61. The number of methoxy groups -OCH3 is 2. The molecule has 0 spiro atoms. The number of ether oxygens (including phenoxy) is 6. The minimum Gasteiger partial charge on any atom is -0.465 e. The van der Waals surface area contributed by atoms with Gasteiger partial charge in [-0.25, -0.2) is 4.79 Å². The standard InChI is InChI=1S/C13H22INO11/c1-21-10(20)13-25-9(19)7(18)12(26-13)24-8-4(3-16)23-11(22-2)5(15-14)6(8)17/h4-9,11-13,15-19H,3H2,1-2H3. The zero-order valence-corrected chi connectivity index (χ0v) is 16.1. The lowest BCUT2D eigenvalue weighted by Crippen LogP contribution is -2.65. The van der Waals surface area contributed by atoms with Crippen LogP contribution < -0.4 is 3.53 Å². The number of carbonyl (C=O) groups is 1. The zero-order valence-electron chi connectivity index (χ0n) is 13.9. The maximum atomic E-state index is 11.6. The van der Waals surface area contributed by atoms with E-state index in [1.165, 1.54) is 7.11 Å². The van der Waals surface area contributed by atoms with E-state index in [2.05, 4.69) is 8.27 Å². The molecular weight excluding hydrogens is 473 g/mol. The molecule has 152 valence electrons. The van der Waals surface area contributed by atoms with Crippen LogP contribution in [0.25, 0.3) is 0 Å². The smallest absolute Gasteiger partial charge is 0.363 e. The van der Waals surface area contributed by atoms with Crippen molar-refractivity contribution in [1.82, 2.24) is 3.53 Å². The molecule has 12 nitrogen and oxygen atoms in total. The van der Waals surface area contributed by atoms with Crippen molar-refractivity contribution in [1.29, 1.82) is 0 Å². The first-order chi connectivity index (χ1) is 12.4. The van der Waals surface area contributed by atoms with Gasteiger partial charge in [0.1, 0.15) is 18.3 Å². The molecule has 0 bridgehead atoms. The van der Waals surface area contributed by atoms with Gasteiger partial charge in [0.15, 0.2) is 25.0 Å². The fourth-order valence-electron chi connectivity index (χ4n) is 2.60. The van der Waals surface area contributed by atoms with Gasteiger partial charge in [-0.15, -0.1) is 0 Å². The molecule has 13 heteroatoms. The normalized spacial score (nSPS) is 43.9. The Morgan fingerprint density at radius 3 is 2.35 bits per heavy atom. The molecular formula is C13H22INO11. The van der Waals surface area contributed by atoms with Gasteiger partial charge in [-0.05, 0) is 0 Å². The number of aliphatic hydroxyl groups is 4. The highest BCUT2D eigenvalue weighted by Gasteiger charge is 2.50. The molecule has 0 aromatic carbocycles. The second-order valence-corrected chi connectivity index (χ2v) is 6.19. The lowest BCUT2D eigenvalue weighted by Gasteiger charge is -2.45. The number of aliphatic hydroxyl groups excluding tert-OH is 4. The van der Waals surface area contributed by atoms with Crippen LogP contribution in [-0.2, 0) is 33.2 Å².